The molecule has 0 aromatic rings. The molecule has 5 heteroatoms. The molecule has 0 spiro atoms. The number of halogens is 3. The van der Waals surface area contributed by atoms with E-state index < -0.39 is 12.7 Å². The maximum Gasteiger partial charge on any atom is 0.401 e. The van der Waals surface area contributed by atoms with Crippen LogP contribution in [0, 0.1) is 11.8 Å². The molecule has 0 aromatic heterocycles. The minimum atomic E-state index is -4.09. The average Bonchev–Trinajstić information content (AvgIpc) is 2.09. The monoisotopic (exact) mass is 238 g/mol. The third-order valence-electron chi connectivity index (χ3n) is 2.87. The normalized spacial score (nSPS) is 28.3. The molecule has 2 unspecified atom stereocenters. The molecule has 0 aliphatic carbocycles. The highest BCUT2D eigenvalue weighted by Gasteiger charge is 2.26. The van der Waals surface area contributed by atoms with Gasteiger partial charge in [0.25, 0.3) is 0 Å². The van der Waals surface area contributed by atoms with Crippen molar-refractivity contribution in [1.29, 1.82) is 0 Å². The predicted molar refractivity (Wildman–Crippen MR) is 58.3 cm³/mol. The van der Waals surface area contributed by atoms with Gasteiger partial charge in [-0.2, -0.15) is 13.2 Å². The van der Waals surface area contributed by atoms with Crippen LogP contribution < -0.4 is 5.32 Å². The summed E-state index contributed by atoms with van der Waals surface area (Å²) in [5, 5.41) is 2.44. The zero-order valence-electron chi connectivity index (χ0n) is 9.98. The summed E-state index contributed by atoms with van der Waals surface area (Å²) in [6.07, 6.45) is -2.87. The second-order valence-electron chi connectivity index (χ2n) is 5.00. The molecule has 2 nitrogen and oxygen atoms in total. The molecule has 1 fully saturated rings. The fraction of sp³-hybridized carbons (Fsp3) is 1.00. The van der Waals surface area contributed by atoms with E-state index in [0.29, 0.717) is 24.9 Å². The van der Waals surface area contributed by atoms with Gasteiger partial charge >= 0.3 is 6.18 Å². The number of piperidine rings is 1. The summed E-state index contributed by atoms with van der Waals surface area (Å²) >= 11 is 0. The van der Waals surface area contributed by atoms with Crippen LogP contribution in [0.25, 0.3) is 0 Å². The molecule has 16 heavy (non-hydrogen) atoms. The quantitative estimate of drug-likeness (QED) is 0.755. The van der Waals surface area contributed by atoms with Crippen LogP contribution in [0.4, 0.5) is 13.2 Å². The van der Waals surface area contributed by atoms with Crippen LogP contribution in [0.3, 0.4) is 0 Å². The van der Waals surface area contributed by atoms with Gasteiger partial charge in [-0.3, -0.25) is 0 Å². The Morgan fingerprint density at radius 3 is 2.25 bits per heavy atom. The Bertz CT molecular complexity index is 196. The lowest BCUT2D eigenvalue weighted by atomic mass is 9.92. The van der Waals surface area contributed by atoms with Gasteiger partial charge in [0.15, 0.2) is 0 Å². The number of nitrogens with one attached hydrogen (secondary N) is 1. The summed E-state index contributed by atoms with van der Waals surface area (Å²) in [4.78, 5) is 2.25. The third-order valence-corrected chi connectivity index (χ3v) is 2.87. The van der Waals surface area contributed by atoms with E-state index in [9.17, 15) is 13.2 Å². The maximum absolute atomic E-state index is 11.9. The molecule has 0 amide bonds. The first-order valence-electron chi connectivity index (χ1n) is 5.86. The lowest BCUT2D eigenvalue weighted by molar-refractivity contribution is -0.124. The zero-order valence-corrected chi connectivity index (χ0v) is 9.98. The Balaban J connectivity index is 2.13. The summed E-state index contributed by atoms with van der Waals surface area (Å²) in [5.41, 5.74) is 0. The minimum Gasteiger partial charge on any atom is -0.307 e. The highest BCUT2D eigenvalue weighted by Crippen LogP contribution is 2.20. The topological polar surface area (TPSA) is 15.3 Å². The van der Waals surface area contributed by atoms with Crippen molar-refractivity contribution in [3.05, 3.63) is 0 Å². The van der Waals surface area contributed by atoms with Crippen LogP contribution in [0.15, 0.2) is 0 Å². The molecule has 1 aliphatic heterocycles. The van der Waals surface area contributed by atoms with Gasteiger partial charge in [-0.1, -0.05) is 13.8 Å². The van der Waals surface area contributed by atoms with Crippen LogP contribution in [0.1, 0.15) is 20.3 Å². The maximum atomic E-state index is 11.9. The Labute approximate surface area is 95.2 Å². The van der Waals surface area contributed by atoms with Crippen molar-refractivity contribution in [2.45, 2.75) is 26.4 Å². The summed E-state index contributed by atoms with van der Waals surface area (Å²) in [7, 11) is 0. The van der Waals surface area contributed by atoms with Gasteiger partial charge in [0.05, 0.1) is 6.54 Å². The van der Waals surface area contributed by atoms with Gasteiger partial charge < -0.3 is 10.2 Å². The number of alkyl halides is 3. The second-order valence-corrected chi connectivity index (χ2v) is 5.00. The average molecular weight is 238 g/mol. The summed E-state index contributed by atoms with van der Waals surface area (Å²) in [6, 6.07) is 0. The van der Waals surface area contributed by atoms with E-state index >= 15 is 0 Å². The van der Waals surface area contributed by atoms with Crippen molar-refractivity contribution in [3.8, 4) is 0 Å². The number of nitrogens with zero attached hydrogens (tertiary/aromatic N) is 1. The molecule has 0 aromatic carbocycles. The second kappa shape index (κ2) is 5.87. The molecule has 1 heterocycles. The van der Waals surface area contributed by atoms with Gasteiger partial charge in [-0.05, 0) is 18.3 Å². The summed E-state index contributed by atoms with van der Waals surface area (Å²) < 4.78 is 35.6. The van der Waals surface area contributed by atoms with E-state index in [4.69, 9.17) is 0 Å². The third kappa shape index (κ3) is 5.70. The number of rotatable bonds is 4. The molecule has 0 saturated carbocycles. The number of hydrogen-bond acceptors (Lipinski definition) is 2. The van der Waals surface area contributed by atoms with E-state index in [0.717, 1.165) is 13.1 Å². The van der Waals surface area contributed by atoms with E-state index in [-0.39, 0.29) is 0 Å². The van der Waals surface area contributed by atoms with Gasteiger partial charge in [-0.15, -0.1) is 0 Å². The number of hydrogen-bond donors (Lipinski definition) is 1. The molecule has 0 radical (unpaired) electrons. The predicted octanol–water partition coefficient (Wildman–Crippen LogP) is 2.12. The standard InChI is InChI=1S/C11H21F3N2/c1-9-5-10(2)7-16(6-9)4-3-15-8-11(12,13)14/h9-10,15H,3-8H2,1-2H3. The van der Waals surface area contributed by atoms with Crippen molar-refractivity contribution in [2.24, 2.45) is 11.8 Å². The van der Waals surface area contributed by atoms with Crippen LogP contribution >= 0.6 is 0 Å². The Morgan fingerprint density at radius 2 is 1.75 bits per heavy atom. The molecule has 1 saturated heterocycles. The Kier molecular flexibility index (Phi) is 5.05. The molecule has 1 rings (SSSR count). The summed E-state index contributed by atoms with van der Waals surface area (Å²) in [5.74, 6) is 1.32. The van der Waals surface area contributed by atoms with Crippen LogP contribution in [0.5, 0.6) is 0 Å². The van der Waals surface area contributed by atoms with Crippen molar-refractivity contribution in [3.63, 3.8) is 0 Å². The molecule has 2 atom stereocenters. The van der Waals surface area contributed by atoms with Crippen molar-refractivity contribution < 1.29 is 13.2 Å². The van der Waals surface area contributed by atoms with E-state index in [1.807, 2.05) is 0 Å². The van der Waals surface area contributed by atoms with Gasteiger partial charge in [0, 0.05) is 26.2 Å². The van der Waals surface area contributed by atoms with Crippen molar-refractivity contribution in [1.82, 2.24) is 10.2 Å². The van der Waals surface area contributed by atoms with E-state index in [1.165, 1.54) is 6.42 Å². The molecule has 1 aliphatic rings. The van der Waals surface area contributed by atoms with Crippen LogP contribution in [-0.2, 0) is 0 Å². The molecular formula is C11H21F3N2. The Morgan fingerprint density at radius 1 is 1.19 bits per heavy atom. The smallest absolute Gasteiger partial charge is 0.307 e. The van der Waals surface area contributed by atoms with Crippen molar-refractivity contribution in [2.75, 3.05) is 32.7 Å². The largest absolute Gasteiger partial charge is 0.401 e. The SMILES string of the molecule is CC1CC(C)CN(CCNCC(F)(F)F)C1. The lowest BCUT2D eigenvalue weighted by Gasteiger charge is -2.35. The fourth-order valence-corrected chi connectivity index (χ4v) is 2.44. The lowest BCUT2D eigenvalue weighted by Crippen LogP contribution is -2.43. The molecule has 96 valence electrons. The fourth-order valence-electron chi connectivity index (χ4n) is 2.44. The van der Waals surface area contributed by atoms with E-state index in [2.05, 4.69) is 24.1 Å². The summed E-state index contributed by atoms with van der Waals surface area (Å²) in [6.45, 7) is 6.67. The van der Waals surface area contributed by atoms with Gasteiger partial charge in [0.2, 0.25) is 0 Å². The van der Waals surface area contributed by atoms with E-state index in [1.54, 1.807) is 0 Å². The zero-order chi connectivity index (χ0) is 12.2. The van der Waals surface area contributed by atoms with Gasteiger partial charge in [-0.25, -0.2) is 0 Å². The highest BCUT2D eigenvalue weighted by molar-refractivity contribution is 4.75. The first kappa shape index (κ1) is 13.8. The van der Waals surface area contributed by atoms with Crippen LogP contribution in [-0.4, -0.2) is 43.8 Å². The molecular weight excluding hydrogens is 217 g/mol. The first-order chi connectivity index (χ1) is 7.37. The minimum absolute atomic E-state index is 0.416. The van der Waals surface area contributed by atoms with Crippen molar-refractivity contribution >= 4 is 0 Å². The van der Waals surface area contributed by atoms with Gasteiger partial charge in [0.1, 0.15) is 0 Å². The van der Waals surface area contributed by atoms with Crippen LogP contribution in [0.2, 0.25) is 0 Å². The highest BCUT2D eigenvalue weighted by atomic mass is 19.4. The molecule has 0 bridgehead atoms. The first-order valence-corrected chi connectivity index (χ1v) is 5.86. The Hall–Kier alpha value is -0.290. The molecule has 1 N–H and O–H groups in total. The number of likely N-dealkylation sites (tertiary alicyclic amines) is 1.